The van der Waals surface area contributed by atoms with E-state index in [0.717, 1.165) is 28.5 Å². The van der Waals surface area contributed by atoms with Crippen molar-refractivity contribution in [2.75, 3.05) is 13.6 Å². The molecule has 28 heavy (non-hydrogen) atoms. The van der Waals surface area contributed by atoms with Gasteiger partial charge in [0.25, 0.3) is 0 Å². The van der Waals surface area contributed by atoms with Crippen molar-refractivity contribution in [1.82, 2.24) is 4.98 Å². The minimum atomic E-state index is -1.01. The fraction of sp³-hybridized carbons (Fsp3) is 0.0952. The molecule has 2 aliphatic rings. The number of nitrogens with one attached hydrogen (secondary N) is 1. The minimum absolute atomic E-state index is 0.200. The van der Waals surface area contributed by atoms with E-state index in [1.54, 1.807) is 0 Å². The van der Waals surface area contributed by atoms with Gasteiger partial charge in [-0.05, 0) is 48.0 Å². The molecule has 140 valence electrons. The highest BCUT2D eigenvalue weighted by Gasteiger charge is 2.19. The van der Waals surface area contributed by atoms with E-state index in [0.29, 0.717) is 28.7 Å². The van der Waals surface area contributed by atoms with Gasteiger partial charge in [-0.2, -0.15) is 0 Å². The molecule has 7 heteroatoms. The molecule has 0 bridgehead atoms. The molecule has 3 heterocycles. The average molecular weight is 377 g/mol. The Morgan fingerprint density at radius 2 is 1.46 bits per heavy atom. The van der Waals surface area contributed by atoms with Crippen LogP contribution in [-0.4, -0.2) is 29.6 Å². The first kappa shape index (κ1) is 16.3. The Bertz CT molecular complexity index is 1040. The predicted molar refractivity (Wildman–Crippen MR) is 101 cm³/mol. The lowest BCUT2D eigenvalue weighted by molar-refractivity contribution is -0.131. The molecule has 0 amide bonds. The first-order chi connectivity index (χ1) is 13.7. The van der Waals surface area contributed by atoms with Gasteiger partial charge in [0.05, 0.1) is 5.69 Å². The maximum absolute atomic E-state index is 10.9. The van der Waals surface area contributed by atoms with Crippen LogP contribution in [0.4, 0.5) is 0 Å². The monoisotopic (exact) mass is 377 g/mol. The van der Waals surface area contributed by atoms with Crippen molar-refractivity contribution in [3.05, 3.63) is 54.2 Å². The van der Waals surface area contributed by atoms with Crippen LogP contribution in [0.2, 0.25) is 0 Å². The maximum Gasteiger partial charge on any atom is 0.328 e. The molecule has 0 fully saturated rings. The first-order valence-corrected chi connectivity index (χ1v) is 8.61. The Kier molecular flexibility index (Phi) is 3.72. The summed E-state index contributed by atoms with van der Waals surface area (Å²) in [5.74, 6) is 1.74. The first-order valence-electron chi connectivity index (χ1n) is 8.61. The smallest absolute Gasteiger partial charge is 0.328 e. The number of benzene rings is 2. The Hall–Kier alpha value is -3.87. The van der Waals surface area contributed by atoms with Crippen LogP contribution < -0.4 is 18.9 Å². The predicted octanol–water partition coefficient (Wildman–Crippen LogP) is 3.90. The van der Waals surface area contributed by atoms with Gasteiger partial charge < -0.3 is 29.0 Å². The van der Waals surface area contributed by atoms with Crippen molar-refractivity contribution < 1.29 is 28.8 Å². The van der Waals surface area contributed by atoms with E-state index in [2.05, 4.69) is 4.98 Å². The van der Waals surface area contributed by atoms with Crippen molar-refractivity contribution in [3.63, 3.8) is 0 Å². The van der Waals surface area contributed by atoms with Gasteiger partial charge in [0, 0.05) is 22.9 Å². The van der Waals surface area contributed by atoms with Crippen LogP contribution in [0.3, 0.4) is 0 Å². The molecular weight excluding hydrogens is 362 g/mol. The number of carboxylic acids is 1. The fourth-order valence-electron chi connectivity index (χ4n) is 3.30. The number of aliphatic carboxylic acids is 1. The van der Waals surface area contributed by atoms with Crippen LogP contribution in [-0.2, 0) is 4.79 Å². The van der Waals surface area contributed by atoms with Crippen LogP contribution >= 0.6 is 0 Å². The van der Waals surface area contributed by atoms with E-state index >= 15 is 0 Å². The molecule has 0 saturated heterocycles. The zero-order valence-corrected chi connectivity index (χ0v) is 14.6. The van der Waals surface area contributed by atoms with Gasteiger partial charge in [-0.3, -0.25) is 0 Å². The standard InChI is InChI=1S/C21H15NO6/c23-20(24)6-3-14-9-15(12-1-4-16-18(7-12)27-10-25-16)21(22-14)13-2-5-17-19(8-13)28-11-26-17/h1-9,22H,10-11H2,(H,23,24)/b6-3+. The number of H-pyrrole nitrogens is 1. The molecule has 2 N–H and O–H groups in total. The van der Waals surface area contributed by atoms with Crippen LogP contribution in [0.1, 0.15) is 5.69 Å². The Labute approximate surface area is 159 Å². The van der Waals surface area contributed by atoms with Gasteiger partial charge in [0.1, 0.15) is 0 Å². The van der Waals surface area contributed by atoms with Crippen molar-refractivity contribution in [2.24, 2.45) is 0 Å². The second-order valence-corrected chi connectivity index (χ2v) is 6.32. The Morgan fingerprint density at radius 1 is 0.857 bits per heavy atom. The molecule has 0 spiro atoms. The number of carbonyl (C=O) groups is 1. The van der Waals surface area contributed by atoms with E-state index in [4.69, 9.17) is 24.1 Å². The Morgan fingerprint density at radius 3 is 2.14 bits per heavy atom. The minimum Gasteiger partial charge on any atom is -0.478 e. The molecule has 2 aliphatic heterocycles. The summed E-state index contributed by atoms with van der Waals surface area (Å²) in [5.41, 5.74) is 4.22. The topological polar surface area (TPSA) is 90.0 Å². The summed E-state index contributed by atoms with van der Waals surface area (Å²) in [4.78, 5) is 14.2. The molecule has 3 aromatic rings. The van der Waals surface area contributed by atoms with Crippen LogP contribution in [0.25, 0.3) is 28.5 Å². The highest BCUT2D eigenvalue weighted by molar-refractivity contribution is 5.88. The van der Waals surface area contributed by atoms with Crippen molar-refractivity contribution in [3.8, 4) is 45.4 Å². The molecule has 0 radical (unpaired) electrons. The van der Waals surface area contributed by atoms with E-state index < -0.39 is 5.97 Å². The van der Waals surface area contributed by atoms with E-state index in [1.807, 2.05) is 42.5 Å². The van der Waals surface area contributed by atoms with Crippen LogP contribution in [0, 0.1) is 0 Å². The number of hydrogen-bond donors (Lipinski definition) is 2. The number of aromatic nitrogens is 1. The quantitative estimate of drug-likeness (QED) is 0.670. The number of rotatable bonds is 4. The molecule has 2 aromatic carbocycles. The Balaban J connectivity index is 1.63. The van der Waals surface area contributed by atoms with E-state index in [9.17, 15) is 4.79 Å². The lowest BCUT2D eigenvalue weighted by Crippen LogP contribution is -1.92. The zero-order chi connectivity index (χ0) is 19.1. The number of carboxylic acid groups (broad SMARTS) is 1. The molecule has 0 aliphatic carbocycles. The third-order valence-electron chi connectivity index (χ3n) is 4.59. The van der Waals surface area contributed by atoms with Gasteiger partial charge in [-0.15, -0.1) is 0 Å². The fourth-order valence-corrected chi connectivity index (χ4v) is 3.30. The summed E-state index contributed by atoms with van der Waals surface area (Å²) in [7, 11) is 0. The lowest BCUT2D eigenvalue weighted by Gasteiger charge is -2.07. The molecule has 1 aromatic heterocycles. The van der Waals surface area contributed by atoms with Gasteiger partial charge in [-0.1, -0.05) is 6.07 Å². The van der Waals surface area contributed by atoms with Crippen molar-refractivity contribution in [1.29, 1.82) is 0 Å². The summed E-state index contributed by atoms with van der Waals surface area (Å²) < 4.78 is 21.8. The number of fused-ring (bicyclic) bond motifs is 2. The van der Waals surface area contributed by atoms with Gasteiger partial charge >= 0.3 is 5.97 Å². The van der Waals surface area contributed by atoms with E-state index in [-0.39, 0.29) is 13.6 Å². The lowest BCUT2D eigenvalue weighted by atomic mass is 10.0. The van der Waals surface area contributed by atoms with Crippen LogP contribution in [0.15, 0.2) is 48.5 Å². The summed E-state index contributed by atoms with van der Waals surface area (Å²) in [6.07, 6.45) is 2.62. The average Bonchev–Trinajstić information content (AvgIpc) is 3.43. The third kappa shape index (κ3) is 2.83. The normalized spacial score (nSPS) is 14.0. The van der Waals surface area contributed by atoms with Gasteiger partial charge in [0.15, 0.2) is 23.0 Å². The number of ether oxygens (including phenoxy) is 4. The molecule has 0 atom stereocenters. The van der Waals surface area contributed by atoms with E-state index in [1.165, 1.54) is 6.08 Å². The second-order valence-electron chi connectivity index (χ2n) is 6.32. The third-order valence-corrected chi connectivity index (χ3v) is 4.59. The molecule has 0 unspecified atom stereocenters. The number of hydrogen-bond acceptors (Lipinski definition) is 5. The number of aromatic amines is 1. The molecule has 5 rings (SSSR count). The summed E-state index contributed by atoms with van der Waals surface area (Å²) >= 11 is 0. The van der Waals surface area contributed by atoms with Crippen molar-refractivity contribution >= 4 is 12.0 Å². The molecule has 0 saturated carbocycles. The van der Waals surface area contributed by atoms with Crippen molar-refractivity contribution in [2.45, 2.75) is 0 Å². The second kappa shape index (κ2) is 6.38. The largest absolute Gasteiger partial charge is 0.478 e. The van der Waals surface area contributed by atoms with Gasteiger partial charge in [0.2, 0.25) is 13.6 Å². The maximum atomic E-state index is 10.9. The SMILES string of the molecule is O=C(O)/C=C/c1cc(-c2ccc3c(c2)OCO3)c(-c2ccc3c(c2)OCO3)[nH]1. The highest BCUT2D eigenvalue weighted by atomic mass is 16.7. The molecule has 7 nitrogen and oxygen atoms in total. The highest BCUT2D eigenvalue weighted by Crippen LogP contribution is 2.42. The molecular formula is C21H15NO6. The summed E-state index contributed by atoms with van der Waals surface area (Å²) in [5, 5.41) is 8.93. The van der Waals surface area contributed by atoms with Gasteiger partial charge in [-0.25, -0.2) is 4.79 Å². The summed E-state index contributed by atoms with van der Waals surface area (Å²) in [6.45, 7) is 0.401. The van der Waals surface area contributed by atoms with Crippen LogP contribution in [0.5, 0.6) is 23.0 Å². The summed E-state index contributed by atoms with van der Waals surface area (Å²) in [6, 6.07) is 13.3. The zero-order valence-electron chi connectivity index (χ0n) is 14.6.